The van der Waals surface area contributed by atoms with Crippen LogP contribution in [-0.2, 0) is 21.5 Å². The maximum Gasteiger partial charge on any atom is 0.332 e. The third-order valence-corrected chi connectivity index (χ3v) is 8.56. The number of carbonyl (C=O) groups excluding carboxylic acids is 3. The van der Waals surface area contributed by atoms with Gasteiger partial charge in [-0.2, -0.15) is 0 Å². The van der Waals surface area contributed by atoms with Crippen LogP contribution in [0.2, 0.25) is 0 Å². The van der Waals surface area contributed by atoms with Gasteiger partial charge in [0.05, 0.1) is 17.7 Å². The van der Waals surface area contributed by atoms with Crippen molar-refractivity contribution in [2.24, 2.45) is 0 Å². The minimum absolute atomic E-state index is 0.0615. The normalized spacial score (nSPS) is 20.4. The van der Waals surface area contributed by atoms with E-state index in [9.17, 15) is 14.4 Å². The Labute approximate surface area is 229 Å². The summed E-state index contributed by atoms with van der Waals surface area (Å²) in [7, 11) is 0. The summed E-state index contributed by atoms with van der Waals surface area (Å²) in [6.07, 6.45) is 3.99. The Balaban J connectivity index is 1.33. The Morgan fingerprint density at radius 1 is 0.974 bits per heavy atom. The number of aromatic nitrogens is 1. The number of imide groups is 1. The summed E-state index contributed by atoms with van der Waals surface area (Å²) in [6, 6.07) is 15.0. The van der Waals surface area contributed by atoms with Crippen LogP contribution >= 0.6 is 0 Å². The Morgan fingerprint density at radius 2 is 1.72 bits per heavy atom. The van der Waals surface area contributed by atoms with Crippen molar-refractivity contribution < 1.29 is 14.4 Å². The van der Waals surface area contributed by atoms with Crippen LogP contribution in [-0.4, -0.2) is 64.3 Å². The van der Waals surface area contributed by atoms with Gasteiger partial charge in [-0.3, -0.25) is 19.5 Å². The van der Waals surface area contributed by atoms with Gasteiger partial charge in [-0.25, -0.2) is 9.69 Å². The molecule has 0 radical (unpaired) electrons. The molecule has 2 aromatic carbocycles. The largest absolute Gasteiger partial charge is 0.332 e. The zero-order chi connectivity index (χ0) is 27.5. The Hall–Kier alpha value is -3.78. The lowest BCUT2D eigenvalue weighted by atomic mass is 9.87. The second kappa shape index (κ2) is 9.16. The molecule has 39 heavy (non-hydrogen) atoms. The molecule has 2 saturated heterocycles. The van der Waals surface area contributed by atoms with Gasteiger partial charge in [-0.1, -0.05) is 38.1 Å². The van der Waals surface area contributed by atoms with E-state index in [2.05, 4.69) is 23.7 Å². The molecule has 3 aromatic rings. The van der Waals surface area contributed by atoms with Crippen LogP contribution in [0.15, 0.2) is 54.7 Å². The minimum atomic E-state index is -1.04. The SMILES string of the molecule is CC1(C)CN(C(=O)CN2CCCC2)c2cc(N3C(=O)N(Cc4ccnc5ccccc45)C(C)(C)C3=O)ccc21. The van der Waals surface area contributed by atoms with Crippen molar-refractivity contribution in [1.29, 1.82) is 0 Å². The van der Waals surface area contributed by atoms with Gasteiger partial charge in [0, 0.05) is 35.8 Å². The molecule has 0 atom stereocenters. The second-order valence-corrected chi connectivity index (χ2v) is 12.1. The van der Waals surface area contributed by atoms with Gasteiger partial charge >= 0.3 is 6.03 Å². The first-order valence-electron chi connectivity index (χ1n) is 13.7. The highest BCUT2D eigenvalue weighted by Crippen LogP contribution is 2.44. The first-order valence-corrected chi connectivity index (χ1v) is 13.7. The van der Waals surface area contributed by atoms with Crippen LogP contribution in [0.5, 0.6) is 0 Å². The molecular formula is C31H35N5O3. The van der Waals surface area contributed by atoms with E-state index < -0.39 is 5.54 Å². The highest BCUT2D eigenvalue weighted by molar-refractivity contribution is 6.23. The van der Waals surface area contributed by atoms with Gasteiger partial charge < -0.3 is 9.80 Å². The maximum atomic E-state index is 13.9. The number of likely N-dealkylation sites (tertiary alicyclic amines) is 1. The summed E-state index contributed by atoms with van der Waals surface area (Å²) in [4.78, 5) is 52.4. The van der Waals surface area contributed by atoms with E-state index in [-0.39, 0.29) is 29.8 Å². The average Bonchev–Trinajstić information content (AvgIpc) is 3.56. The van der Waals surface area contributed by atoms with Crippen molar-refractivity contribution in [3.8, 4) is 0 Å². The van der Waals surface area contributed by atoms with Crippen molar-refractivity contribution >= 4 is 40.1 Å². The van der Waals surface area contributed by atoms with Crippen molar-refractivity contribution in [2.45, 2.75) is 58.0 Å². The van der Waals surface area contributed by atoms with Gasteiger partial charge in [0.1, 0.15) is 5.54 Å². The Kier molecular flexibility index (Phi) is 5.99. The molecule has 0 N–H and O–H groups in total. The van der Waals surface area contributed by atoms with E-state index in [1.165, 1.54) is 4.90 Å². The lowest BCUT2D eigenvalue weighted by Gasteiger charge is -2.28. The van der Waals surface area contributed by atoms with Crippen molar-refractivity contribution in [2.75, 3.05) is 36.0 Å². The zero-order valence-corrected chi connectivity index (χ0v) is 23.1. The quantitative estimate of drug-likeness (QED) is 0.451. The van der Waals surface area contributed by atoms with E-state index in [0.29, 0.717) is 18.8 Å². The molecule has 0 spiro atoms. The van der Waals surface area contributed by atoms with Crippen LogP contribution < -0.4 is 9.80 Å². The van der Waals surface area contributed by atoms with Gasteiger partial charge in [-0.05, 0) is 75.2 Å². The van der Waals surface area contributed by atoms with Crippen LogP contribution in [0.25, 0.3) is 10.9 Å². The van der Waals surface area contributed by atoms with Gasteiger partial charge in [0.25, 0.3) is 5.91 Å². The second-order valence-electron chi connectivity index (χ2n) is 12.1. The molecule has 0 bridgehead atoms. The summed E-state index contributed by atoms with van der Waals surface area (Å²) in [5.74, 6) is -0.218. The van der Waals surface area contributed by atoms with Crippen LogP contribution in [0.1, 0.15) is 51.7 Å². The van der Waals surface area contributed by atoms with Crippen molar-refractivity contribution in [3.63, 3.8) is 0 Å². The maximum absolute atomic E-state index is 13.9. The average molecular weight is 526 g/mol. The molecular weight excluding hydrogens is 490 g/mol. The number of anilines is 2. The molecule has 2 fully saturated rings. The van der Waals surface area contributed by atoms with Crippen LogP contribution in [0, 0.1) is 0 Å². The predicted molar refractivity (Wildman–Crippen MR) is 152 cm³/mol. The topological polar surface area (TPSA) is 77.1 Å². The monoisotopic (exact) mass is 525 g/mol. The lowest BCUT2D eigenvalue weighted by Crippen LogP contribution is -2.43. The number of hydrogen-bond acceptors (Lipinski definition) is 5. The molecule has 4 amide bonds. The summed E-state index contributed by atoms with van der Waals surface area (Å²) in [6.45, 7) is 11.0. The fraction of sp³-hybridized carbons (Fsp3) is 0.419. The third-order valence-electron chi connectivity index (χ3n) is 8.56. The molecule has 4 heterocycles. The Bertz CT molecular complexity index is 1490. The van der Waals surface area contributed by atoms with E-state index in [1.807, 2.05) is 53.4 Å². The molecule has 202 valence electrons. The van der Waals surface area contributed by atoms with Gasteiger partial charge in [0.15, 0.2) is 0 Å². The molecule has 0 unspecified atom stereocenters. The number of hydrogen-bond donors (Lipinski definition) is 0. The molecule has 0 saturated carbocycles. The predicted octanol–water partition coefficient (Wildman–Crippen LogP) is 4.70. The number of benzene rings is 2. The summed E-state index contributed by atoms with van der Waals surface area (Å²) >= 11 is 0. The fourth-order valence-corrected chi connectivity index (χ4v) is 6.25. The first-order chi connectivity index (χ1) is 18.6. The van der Waals surface area contributed by atoms with Crippen LogP contribution in [0.4, 0.5) is 16.2 Å². The van der Waals surface area contributed by atoms with E-state index in [4.69, 9.17) is 0 Å². The molecule has 8 nitrogen and oxygen atoms in total. The zero-order valence-electron chi connectivity index (χ0n) is 23.1. The molecule has 3 aliphatic heterocycles. The number of para-hydroxylation sites is 1. The van der Waals surface area contributed by atoms with Gasteiger partial charge in [0.2, 0.25) is 5.91 Å². The van der Waals surface area contributed by atoms with E-state index in [0.717, 1.165) is 53.6 Å². The van der Waals surface area contributed by atoms with E-state index in [1.54, 1.807) is 24.9 Å². The lowest BCUT2D eigenvalue weighted by molar-refractivity contribution is -0.123. The third kappa shape index (κ3) is 4.18. The Morgan fingerprint density at radius 3 is 2.49 bits per heavy atom. The molecule has 6 rings (SSSR count). The van der Waals surface area contributed by atoms with Crippen molar-refractivity contribution in [1.82, 2.24) is 14.8 Å². The summed E-state index contributed by atoms with van der Waals surface area (Å²) in [5.41, 5.74) is 2.87. The first kappa shape index (κ1) is 25.5. The summed E-state index contributed by atoms with van der Waals surface area (Å²) < 4.78 is 0. The highest BCUT2D eigenvalue weighted by atomic mass is 16.2. The highest BCUT2D eigenvalue weighted by Gasteiger charge is 2.52. The number of nitrogens with zero attached hydrogens (tertiary/aromatic N) is 5. The number of pyridine rings is 1. The van der Waals surface area contributed by atoms with E-state index >= 15 is 0 Å². The number of urea groups is 1. The number of rotatable bonds is 5. The summed E-state index contributed by atoms with van der Waals surface area (Å²) in [5, 5.41) is 0.960. The molecule has 0 aliphatic carbocycles. The number of carbonyl (C=O) groups is 3. The van der Waals surface area contributed by atoms with Crippen LogP contribution in [0.3, 0.4) is 0 Å². The molecule has 3 aliphatic rings. The van der Waals surface area contributed by atoms with Crippen molar-refractivity contribution in [3.05, 3.63) is 65.9 Å². The molecule has 1 aromatic heterocycles. The number of fused-ring (bicyclic) bond motifs is 2. The smallest absolute Gasteiger partial charge is 0.310 e. The number of amides is 4. The molecule has 8 heteroatoms. The fourth-order valence-electron chi connectivity index (χ4n) is 6.25. The standard InChI is InChI=1S/C31H35N5O3/c1-30(2)20-34(27(37)19-33-15-7-8-16-33)26-17-22(11-12-24(26)30)36-28(38)31(3,4)35(29(36)39)18-21-13-14-32-25-10-6-5-9-23(21)25/h5-6,9-14,17H,7-8,15-16,18-20H2,1-4H3. The minimum Gasteiger partial charge on any atom is -0.310 e. The van der Waals surface area contributed by atoms with Gasteiger partial charge in [-0.15, -0.1) is 0 Å².